The van der Waals surface area contributed by atoms with Crippen LogP contribution < -0.4 is 5.73 Å². The number of aliphatic hydroxyl groups is 1. The Morgan fingerprint density at radius 3 is 2.81 bits per heavy atom. The summed E-state index contributed by atoms with van der Waals surface area (Å²) < 4.78 is 1.68. The van der Waals surface area contributed by atoms with Crippen LogP contribution in [0.5, 0.6) is 0 Å². The Kier molecular flexibility index (Phi) is 2.02. The first-order valence-electron chi connectivity index (χ1n) is 5.20. The summed E-state index contributed by atoms with van der Waals surface area (Å²) in [6, 6.07) is 9.41. The van der Waals surface area contributed by atoms with E-state index >= 15 is 0 Å². The van der Waals surface area contributed by atoms with Gasteiger partial charge in [0.15, 0.2) is 0 Å². The fourth-order valence-corrected chi connectivity index (χ4v) is 2.05. The van der Waals surface area contributed by atoms with Gasteiger partial charge in [-0.1, -0.05) is 35.5 Å². The molecule has 0 fully saturated rings. The molecule has 82 valence electrons. The van der Waals surface area contributed by atoms with Crippen LogP contribution in [-0.4, -0.2) is 26.1 Å². The Labute approximate surface area is 92.5 Å². The van der Waals surface area contributed by atoms with Gasteiger partial charge < -0.3 is 10.8 Å². The second-order valence-corrected chi connectivity index (χ2v) is 3.98. The van der Waals surface area contributed by atoms with Crippen LogP contribution in [0.2, 0.25) is 0 Å². The molecule has 0 saturated carbocycles. The molecule has 0 unspecified atom stereocenters. The van der Waals surface area contributed by atoms with Crippen molar-refractivity contribution in [3.8, 4) is 11.3 Å². The molecule has 1 aliphatic heterocycles. The van der Waals surface area contributed by atoms with E-state index < -0.39 is 6.10 Å². The molecule has 2 aromatic rings. The van der Waals surface area contributed by atoms with E-state index in [9.17, 15) is 5.11 Å². The van der Waals surface area contributed by atoms with Crippen LogP contribution in [0.3, 0.4) is 0 Å². The SMILES string of the molecule is N[C@H]1Cn2nnc(-c3ccccc3)c2[C@H]1O. The molecule has 1 aromatic heterocycles. The van der Waals surface area contributed by atoms with E-state index in [1.54, 1.807) is 4.68 Å². The topological polar surface area (TPSA) is 77.0 Å². The summed E-state index contributed by atoms with van der Waals surface area (Å²) in [5.41, 5.74) is 8.18. The zero-order valence-corrected chi connectivity index (χ0v) is 8.61. The van der Waals surface area contributed by atoms with Gasteiger partial charge >= 0.3 is 0 Å². The summed E-state index contributed by atoms with van der Waals surface area (Å²) in [5.74, 6) is 0. The number of nitrogens with zero attached hydrogens (tertiary/aromatic N) is 3. The van der Waals surface area contributed by atoms with Crippen LogP contribution >= 0.6 is 0 Å². The first kappa shape index (κ1) is 9.50. The van der Waals surface area contributed by atoms with Gasteiger partial charge in [0.2, 0.25) is 0 Å². The van der Waals surface area contributed by atoms with E-state index in [1.807, 2.05) is 30.3 Å². The minimum atomic E-state index is -0.676. The molecule has 0 bridgehead atoms. The minimum absolute atomic E-state index is 0.284. The molecule has 1 aromatic carbocycles. The van der Waals surface area contributed by atoms with Crippen LogP contribution in [-0.2, 0) is 6.54 Å². The van der Waals surface area contributed by atoms with E-state index in [-0.39, 0.29) is 6.04 Å². The molecule has 0 spiro atoms. The molecule has 2 atom stereocenters. The molecule has 16 heavy (non-hydrogen) atoms. The maximum atomic E-state index is 9.96. The van der Waals surface area contributed by atoms with Crippen molar-refractivity contribution < 1.29 is 5.11 Å². The van der Waals surface area contributed by atoms with Gasteiger partial charge in [-0.3, -0.25) is 0 Å². The monoisotopic (exact) mass is 216 g/mol. The van der Waals surface area contributed by atoms with E-state index in [2.05, 4.69) is 10.3 Å². The van der Waals surface area contributed by atoms with Gasteiger partial charge in [0.25, 0.3) is 0 Å². The molecular weight excluding hydrogens is 204 g/mol. The Balaban J connectivity index is 2.12. The molecular formula is C11H12N4O. The van der Waals surface area contributed by atoms with Gasteiger partial charge in [-0.15, -0.1) is 5.10 Å². The zero-order chi connectivity index (χ0) is 11.1. The Morgan fingerprint density at radius 1 is 1.31 bits per heavy atom. The molecule has 5 heteroatoms. The van der Waals surface area contributed by atoms with E-state index in [1.165, 1.54) is 0 Å². The molecule has 0 amide bonds. The lowest BCUT2D eigenvalue weighted by atomic mass is 10.1. The van der Waals surface area contributed by atoms with Crippen molar-refractivity contribution in [1.29, 1.82) is 0 Å². The normalized spacial score (nSPS) is 23.4. The third-order valence-corrected chi connectivity index (χ3v) is 2.89. The fourth-order valence-electron chi connectivity index (χ4n) is 2.05. The van der Waals surface area contributed by atoms with Crippen molar-refractivity contribution >= 4 is 0 Å². The summed E-state index contributed by atoms with van der Waals surface area (Å²) in [6.45, 7) is 0.524. The van der Waals surface area contributed by atoms with Crippen molar-refractivity contribution in [2.75, 3.05) is 0 Å². The summed E-state index contributed by atoms with van der Waals surface area (Å²) >= 11 is 0. The first-order valence-corrected chi connectivity index (χ1v) is 5.20. The van der Waals surface area contributed by atoms with Gasteiger partial charge in [0, 0.05) is 5.56 Å². The van der Waals surface area contributed by atoms with Gasteiger partial charge in [-0.25, -0.2) is 4.68 Å². The number of nitrogens with two attached hydrogens (primary N) is 1. The maximum absolute atomic E-state index is 9.96. The largest absolute Gasteiger partial charge is 0.385 e. The lowest BCUT2D eigenvalue weighted by molar-refractivity contribution is 0.159. The molecule has 0 radical (unpaired) electrons. The smallest absolute Gasteiger partial charge is 0.119 e. The Morgan fingerprint density at radius 2 is 2.06 bits per heavy atom. The van der Waals surface area contributed by atoms with E-state index in [0.717, 1.165) is 17.0 Å². The van der Waals surface area contributed by atoms with Gasteiger partial charge in [0.1, 0.15) is 11.8 Å². The number of hydrogen-bond donors (Lipinski definition) is 2. The molecule has 2 heterocycles. The maximum Gasteiger partial charge on any atom is 0.119 e. The lowest BCUT2D eigenvalue weighted by Crippen LogP contribution is -2.25. The van der Waals surface area contributed by atoms with Crippen LogP contribution in [0.4, 0.5) is 0 Å². The summed E-state index contributed by atoms with van der Waals surface area (Å²) in [5, 5.41) is 18.0. The second kappa shape index (κ2) is 3.40. The Hall–Kier alpha value is -1.72. The minimum Gasteiger partial charge on any atom is -0.385 e. The molecule has 0 saturated heterocycles. The number of benzene rings is 1. The highest BCUT2D eigenvalue weighted by atomic mass is 16.3. The second-order valence-electron chi connectivity index (χ2n) is 3.98. The van der Waals surface area contributed by atoms with Gasteiger partial charge in [0.05, 0.1) is 18.3 Å². The van der Waals surface area contributed by atoms with Gasteiger partial charge in [-0.2, -0.15) is 0 Å². The van der Waals surface area contributed by atoms with Crippen molar-refractivity contribution in [2.24, 2.45) is 5.73 Å². The average Bonchev–Trinajstić information content (AvgIpc) is 2.83. The number of aliphatic hydroxyl groups excluding tert-OH is 1. The molecule has 3 N–H and O–H groups in total. The third-order valence-electron chi connectivity index (χ3n) is 2.89. The predicted octanol–water partition coefficient (Wildman–Crippen LogP) is 0.319. The first-order chi connectivity index (χ1) is 7.77. The number of hydrogen-bond acceptors (Lipinski definition) is 4. The average molecular weight is 216 g/mol. The lowest BCUT2D eigenvalue weighted by Gasteiger charge is -2.07. The van der Waals surface area contributed by atoms with Crippen molar-refractivity contribution in [3.63, 3.8) is 0 Å². The van der Waals surface area contributed by atoms with Gasteiger partial charge in [-0.05, 0) is 0 Å². The standard InChI is InChI=1S/C11H12N4O/c12-8-6-15-10(11(8)16)9(13-14-15)7-4-2-1-3-5-7/h1-5,8,11,16H,6,12H2/t8-,11-/m0/s1. The molecule has 0 aliphatic carbocycles. The summed E-state index contributed by atoms with van der Waals surface area (Å²) in [6.07, 6.45) is -0.676. The quantitative estimate of drug-likeness (QED) is 0.719. The summed E-state index contributed by atoms with van der Waals surface area (Å²) in [4.78, 5) is 0. The van der Waals surface area contributed by atoms with Crippen LogP contribution in [0.25, 0.3) is 11.3 Å². The summed E-state index contributed by atoms with van der Waals surface area (Å²) in [7, 11) is 0. The third kappa shape index (κ3) is 1.26. The molecule has 1 aliphatic rings. The molecule has 3 rings (SSSR count). The van der Waals surface area contributed by atoms with Crippen LogP contribution in [0, 0.1) is 0 Å². The highest BCUT2D eigenvalue weighted by Gasteiger charge is 2.33. The molecule has 5 nitrogen and oxygen atoms in total. The predicted molar refractivity (Wildman–Crippen MR) is 58.4 cm³/mol. The highest BCUT2D eigenvalue weighted by Crippen LogP contribution is 2.31. The van der Waals surface area contributed by atoms with Crippen molar-refractivity contribution in [3.05, 3.63) is 36.0 Å². The van der Waals surface area contributed by atoms with Crippen molar-refractivity contribution in [2.45, 2.75) is 18.7 Å². The van der Waals surface area contributed by atoms with Crippen molar-refractivity contribution in [1.82, 2.24) is 15.0 Å². The van der Waals surface area contributed by atoms with E-state index in [4.69, 9.17) is 5.73 Å². The fraction of sp³-hybridized carbons (Fsp3) is 0.273. The highest BCUT2D eigenvalue weighted by molar-refractivity contribution is 5.62. The Bertz CT molecular complexity index is 508. The number of fused-ring (bicyclic) bond motifs is 1. The van der Waals surface area contributed by atoms with E-state index in [0.29, 0.717) is 6.54 Å². The van der Waals surface area contributed by atoms with Crippen LogP contribution in [0.15, 0.2) is 30.3 Å². The number of aromatic nitrogens is 3. The zero-order valence-electron chi connectivity index (χ0n) is 8.61. The van der Waals surface area contributed by atoms with Crippen LogP contribution in [0.1, 0.15) is 11.8 Å². The number of rotatable bonds is 1.